The van der Waals surface area contributed by atoms with Gasteiger partial charge in [0.15, 0.2) is 0 Å². The van der Waals surface area contributed by atoms with Gasteiger partial charge in [-0.1, -0.05) is 0 Å². The Bertz CT molecular complexity index is 568. The Morgan fingerprint density at radius 3 is 2.58 bits per heavy atom. The number of hydrogen-bond donors (Lipinski definition) is 2. The largest absolute Gasteiger partial charge is 0.463 e. The number of carbonyl (C=O) groups excluding carboxylic acids is 1. The number of methoxy groups -OCH3 is 1. The summed E-state index contributed by atoms with van der Waals surface area (Å²) in [5.74, 6) is -0.779. The van der Waals surface area contributed by atoms with E-state index < -0.39 is 21.5 Å². The Morgan fingerprint density at radius 2 is 2.11 bits per heavy atom. The highest BCUT2D eigenvalue weighted by atomic mass is 32.2. The summed E-state index contributed by atoms with van der Waals surface area (Å²) in [5, 5.41) is 0. The molecule has 1 aromatic heterocycles. The van der Waals surface area contributed by atoms with Crippen LogP contribution in [0, 0.1) is 6.92 Å². The molecule has 7 nitrogen and oxygen atoms in total. The van der Waals surface area contributed by atoms with Gasteiger partial charge in [-0.2, -0.15) is 0 Å². The summed E-state index contributed by atoms with van der Waals surface area (Å²) in [7, 11) is -2.59. The number of hydrogen-bond acceptors (Lipinski definition) is 6. The maximum Gasteiger partial charge on any atom is 0.373 e. The molecule has 0 aliphatic rings. The zero-order chi connectivity index (χ0) is 14.8. The predicted octanol–water partition coefficient (Wildman–Crippen LogP) is 0.390. The van der Waals surface area contributed by atoms with Crippen molar-refractivity contribution in [2.45, 2.75) is 31.2 Å². The molecule has 1 rings (SSSR count). The highest BCUT2D eigenvalue weighted by molar-refractivity contribution is 7.89. The van der Waals surface area contributed by atoms with Crippen LogP contribution >= 0.6 is 0 Å². The van der Waals surface area contributed by atoms with Gasteiger partial charge in [-0.05, 0) is 20.8 Å². The number of sulfonamides is 1. The fourth-order valence-electron chi connectivity index (χ4n) is 1.29. The monoisotopic (exact) mass is 290 g/mol. The Hall–Kier alpha value is -1.38. The highest BCUT2D eigenvalue weighted by Gasteiger charge is 2.25. The number of rotatable bonds is 5. The van der Waals surface area contributed by atoms with Crippen LogP contribution < -0.4 is 10.5 Å². The number of esters is 1. The maximum absolute atomic E-state index is 12.0. The lowest BCUT2D eigenvalue weighted by atomic mass is 10.1. The quantitative estimate of drug-likeness (QED) is 0.759. The molecule has 108 valence electrons. The minimum atomic E-state index is -3.78. The number of carbonyl (C=O) groups is 1. The molecule has 19 heavy (non-hydrogen) atoms. The fraction of sp³-hybridized carbons (Fsp3) is 0.545. The van der Waals surface area contributed by atoms with Gasteiger partial charge in [-0.15, -0.1) is 0 Å². The van der Waals surface area contributed by atoms with Gasteiger partial charge in [0.25, 0.3) is 0 Å². The van der Waals surface area contributed by atoms with Gasteiger partial charge < -0.3 is 14.9 Å². The topological polar surface area (TPSA) is 112 Å². The van der Waals surface area contributed by atoms with Gasteiger partial charge >= 0.3 is 5.97 Å². The average Bonchev–Trinajstić information content (AvgIpc) is 2.68. The molecule has 0 spiro atoms. The normalized spacial score (nSPS) is 12.5. The molecular weight excluding hydrogens is 272 g/mol. The first kappa shape index (κ1) is 15.7. The van der Waals surface area contributed by atoms with Gasteiger partial charge in [0.05, 0.1) is 7.11 Å². The van der Waals surface area contributed by atoms with Crippen LogP contribution in [0.25, 0.3) is 0 Å². The van der Waals surface area contributed by atoms with Gasteiger partial charge in [-0.3, -0.25) is 0 Å². The molecule has 0 radical (unpaired) electrons. The second-order valence-electron chi connectivity index (χ2n) is 4.84. The summed E-state index contributed by atoms with van der Waals surface area (Å²) in [4.78, 5) is 11.2. The summed E-state index contributed by atoms with van der Waals surface area (Å²) in [6.07, 6.45) is 0. The lowest BCUT2D eigenvalue weighted by molar-refractivity contribution is 0.0563. The van der Waals surface area contributed by atoms with Crippen molar-refractivity contribution in [1.29, 1.82) is 0 Å². The van der Waals surface area contributed by atoms with Crippen molar-refractivity contribution in [3.63, 3.8) is 0 Å². The van der Waals surface area contributed by atoms with Crippen molar-refractivity contribution >= 4 is 16.0 Å². The second-order valence-corrected chi connectivity index (χ2v) is 6.57. The molecule has 0 bridgehead atoms. The number of ether oxygens (including phenoxy) is 1. The van der Waals surface area contributed by atoms with Crippen molar-refractivity contribution in [3.8, 4) is 0 Å². The molecule has 0 atom stereocenters. The SMILES string of the molecule is COC(=O)c1cc(S(=O)(=O)NCC(C)(C)N)c(C)o1. The predicted molar refractivity (Wildman–Crippen MR) is 68.2 cm³/mol. The molecule has 8 heteroatoms. The van der Waals surface area contributed by atoms with Gasteiger partial charge in [0.2, 0.25) is 15.8 Å². The summed E-state index contributed by atoms with van der Waals surface area (Å²) in [6, 6.07) is 1.13. The molecule has 0 fully saturated rings. The zero-order valence-corrected chi connectivity index (χ0v) is 12.1. The van der Waals surface area contributed by atoms with Crippen molar-refractivity contribution in [2.24, 2.45) is 5.73 Å². The average molecular weight is 290 g/mol. The van der Waals surface area contributed by atoms with E-state index in [1.165, 1.54) is 14.0 Å². The molecule has 0 aromatic carbocycles. The first-order valence-corrected chi connectivity index (χ1v) is 7.02. The van der Waals surface area contributed by atoms with Crippen LogP contribution in [0.3, 0.4) is 0 Å². The van der Waals surface area contributed by atoms with E-state index in [2.05, 4.69) is 9.46 Å². The molecular formula is C11H18N2O5S. The van der Waals surface area contributed by atoms with E-state index in [1.54, 1.807) is 13.8 Å². The fourth-order valence-corrected chi connectivity index (χ4v) is 2.69. The first-order valence-electron chi connectivity index (χ1n) is 5.54. The third-order valence-electron chi connectivity index (χ3n) is 2.27. The lowest BCUT2D eigenvalue weighted by Gasteiger charge is -2.18. The van der Waals surface area contributed by atoms with Crippen LogP contribution in [0.1, 0.15) is 30.2 Å². The minimum Gasteiger partial charge on any atom is -0.463 e. The highest BCUT2D eigenvalue weighted by Crippen LogP contribution is 2.20. The molecule has 0 saturated heterocycles. The zero-order valence-electron chi connectivity index (χ0n) is 11.3. The summed E-state index contributed by atoms with van der Waals surface area (Å²) in [6.45, 7) is 4.90. The van der Waals surface area contributed by atoms with Crippen LogP contribution in [0.5, 0.6) is 0 Å². The van der Waals surface area contributed by atoms with Crippen LogP contribution in [0.15, 0.2) is 15.4 Å². The molecule has 3 N–H and O–H groups in total. The molecule has 0 amide bonds. The maximum atomic E-state index is 12.0. The molecule has 0 aliphatic heterocycles. The van der Waals surface area contributed by atoms with Crippen molar-refractivity contribution in [2.75, 3.05) is 13.7 Å². The third kappa shape index (κ3) is 4.05. The van der Waals surface area contributed by atoms with Crippen LogP contribution in [0.4, 0.5) is 0 Å². The smallest absolute Gasteiger partial charge is 0.373 e. The Balaban J connectivity index is 3.02. The van der Waals surface area contributed by atoms with Gasteiger partial charge in [-0.25, -0.2) is 17.9 Å². The van der Waals surface area contributed by atoms with Crippen molar-refractivity contribution in [3.05, 3.63) is 17.6 Å². The molecule has 1 aromatic rings. The van der Waals surface area contributed by atoms with Gasteiger partial charge in [0.1, 0.15) is 10.7 Å². The summed E-state index contributed by atoms with van der Waals surface area (Å²) >= 11 is 0. The Kier molecular flexibility index (Phi) is 4.39. The molecule has 1 heterocycles. The standard InChI is InChI=1S/C11H18N2O5S/c1-7-9(5-8(18-7)10(14)17-4)19(15,16)13-6-11(2,3)12/h5,13H,6,12H2,1-4H3. The first-order chi connectivity index (χ1) is 8.57. The van der Waals surface area contributed by atoms with Crippen LogP contribution in [0.2, 0.25) is 0 Å². The van der Waals surface area contributed by atoms with E-state index in [1.807, 2.05) is 0 Å². The molecule has 0 aliphatic carbocycles. The van der Waals surface area contributed by atoms with E-state index in [0.717, 1.165) is 6.07 Å². The third-order valence-corrected chi connectivity index (χ3v) is 3.77. The Morgan fingerprint density at radius 1 is 1.53 bits per heavy atom. The van der Waals surface area contributed by atoms with Crippen LogP contribution in [-0.2, 0) is 14.8 Å². The summed E-state index contributed by atoms with van der Waals surface area (Å²) in [5.41, 5.74) is 5.02. The number of nitrogens with one attached hydrogen (secondary N) is 1. The van der Waals surface area contributed by atoms with E-state index in [4.69, 9.17) is 10.2 Å². The number of aryl methyl sites for hydroxylation is 1. The van der Waals surface area contributed by atoms with Gasteiger partial charge in [0, 0.05) is 18.2 Å². The summed E-state index contributed by atoms with van der Waals surface area (Å²) < 4.78 is 36.0. The molecule has 0 unspecified atom stereocenters. The van der Waals surface area contributed by atoms with E-state index in [-0.39, 0.29) is 23.0 Å². The van der Waals surface area contributed by atoms with Crippen LogP contribution in [-0.4, -0.2) is 33.6 Å². The number of nitrogens with two attached hydrogens (primary N) is 1. The lowest BCUT2D eigenvalue weighted by Crippen LogP contribution is -2.45. The van der Waals surface area contributed by atoms with E-state index >= 15 is 0 Å². The van der Waals surface area contributed by atoms with Crippen molar-refractivity contribution in [1.82, 2.24) is 4.72 Å². The van der Waals surface area contributed by atoms with E-state index in [9.17, 15) is 13.2 Å². The van der Waals surface area contributed by atoms with Crippen molar-refractivity contribution < 1.29 is 22.4 Å². The molecule has 0 saturated carbocycles. The number of furan rings is 1. The Labute approximate surface area is 112 Å². The minimum absolute atomic E-state index is 0.0630. The van der Waals surface area contributed by atoms with E-state index in [0.29, 0.717) is 0 Å². The second kappa shape index (κ2) is 5.32.